The lowest BCUT2D eigenvalue weighted by Gasteiger charge is -2.30. The van der Waals surface area contributed by atoms with E-state index in [1.165, 1.54) is 19.2 Å². The fourth-order valence-electron chi connectivity index (χ4n) is 3.39. The van der Waals surface area contributed by atoms with Gasteiger partial charge in [-0.2, -0.15) is 0 Å². The summed E-state index contributed by atoms with van der Waals surface area (Å²) < 4.78 is 36.9. The minimum atomic E-state index is -4.29. The Morgan fingerprint density at radius 2 is 1.76 bits per heavy atom. The summed E-state index contributed by atoms with van der Waals surface area (Å²) in [5.41, 5.74) is -0.319. The van der Waals surface area contributed by atoms with Crippen LogP contribution >= 0.6 is 0 Å². The first-order valence-corrected chi connectivity index (χ1v) is 13.0. The van der Waals surface area contributed by atoms with E-state index in [9.17, 15) is 13.2 Å². The van der Waals surface area contributed by atoms with E-state index in [1.54, 1.807) is 57.4 Å². The van der Waals surface area contributed by atoms with Crippen molar-refractivity contribution >= 4 is 15.8 Å². The van der Waals surface area contributed by atoms with Gasteiger partial charge < -0.3 is 9.47 Å². The molecule has 184 valence electrons. The predicted octanol–water partition coefficient (Wildman–Crippen LogP) is 5.16. The van der Waals surface area contributed by atoms with E-state index in [-0.39, 0.29) is 11.3 Å². The number of carbonyl (C=O) groups is 1. The van der Waals surface area contributed by atoms with E-state index in [1.807, 2.05) is 0 Å². The third-order valence-electron chi connectivity index (χ3n) is 5.18. The zero-order chi connectivity index (χ0) is 25.2. The summed E-state index contributed by atoms with van der Waals surface area (Å²) in [5.74, 6) is 5.49. The molecule has 1 atom stereocenters. The van der Waals surface area contributed by atoms with Crippen molar-refractivity contribution in [2.45, 2.75) is 81.5 Å². The Morgan fingerprint density at radius 1 is 1.06 bits per heavy atom. The van der Waals surface area contributed by atoms with Gasteiger partial charge in [0.15, 0.2) is 0 Å². The number of hydrogen-bond acceptors (Lipinski definition) is 6. The molecule has 0 radical (unpaired) electrons. The highest BCUT2D eigenvalue weighted by Gasteiger charge is 2.53. The van der Waals surface area contributed by atoms with E-state index in [0.717, 1.165) is 25.7 Å². The highest BCUT2D eigenvalue weighted by molar-refractivity contribution is 7.94. The predicted molar refractivity (Wildman–Crippen MR) is 133 cm³/mol. The molecule has 0 spiro atoms. The SMILES string of the molecule is CCCCCCC#CC(Cc1cccnc1)(C(=O)OC(C)(C)C)S(=O)(=O)c1ccc(OC)cc1. The van der Waals surface area contributed by atoms with E-state index >= 15 is 0 Å². The molecule has 2 aromatic rings. The second-order valence-corrected chi connectivity index (χ2v) is 11.3. The number of rotatable bonds is 10. The van der Waals surface area contributed by atoms with Crippen molar-refractivity contribution < 1.29 is 22.7 Å². The molecule has 7 heteroatoms. The molecule has 1 aromatic heterocycles. The Balaban J connectivity index is 2.66. The van der Waals surface area contributed by atoms with Gasteiger partial charge in [-0.3, -0.25) is 4.98 Å². The molecule has 6 nitrogen and oxygen atoms in total. The van der Waals surface area contributed by atoms with Crippen LogP contribution in [0.15, 0.2) is 53.7 Å². The van der Waals surface area contributed by atoms with Crippen molar-refractivity contribution in [2.24, 2.45) is 0 Å². The second-order valence-electron chi connectivity index (χ2n) is 9.16. The molecule has 34 heavy (non-hydrogen) atoms. The van der Waals surface area contributed by atoms with E-state index in [4.69, 9.17) is 9.47 Å². The van der Waals surface area contributed by atoms with Crippen molar-refractivity contribution in [3.05, 3.63) is 54.4 Å². The maximum absolute atomic E-state index is 14.1. The van der Waals surface area contributed by atoms with Crippen LogP contribution in [0.3, 0.4) is 0 Å². The lowest BCUT2D eigenvalue weighted by molar-refractivity contribution is -0.156. The topological polar surface area (TPSA) is 82.6 Å². The molecule has 0 saturated carbocycles. The lowest BCUT2D eigenvalue weighted by atomic mass is 9.99. The van der Waals surface area contributed by atoms with Crippen LogP contribution in [-0.4, -0.2) is 36.8 Å². The summed E-state index contributed by atoms with van der Waals surface area (Å²) in [6.07, 6.45) is 7.46. The molecular formula is C27H35NO5S. The van der Waals surface area contributed by atoms with Crippen molar-refractivity contribution in [3.8, 4) is 17.6 Å². The fraction of sp³-hybridized carbons (Fsp3) is 0.481. The molecule has 1 aromatic carbocycles. The third-order valence-corrected chi connectivity index (χ3v) is 7.40. The van der Waals surface area contributed by atoms with Crippen LogP contribution < -0.4 is 4.74 Å². The van der Waals surface area contributed by atoms with Crippen LogP contribution in [0.25, 0.3) is 0 Å². The zero-order valence-corrected chi connectivity index (χ0v) is 21.6. The standard InChI is InChI=1S/C27H35NO5S/c1-6-7-8-9-10-11-18-27(25(29)33-26(2,3)4,20-22-13-12-19-28-21-22)34(30,31)24-16-14-23(32-5)15-17-24/h12-17,19,21H,6-10,20H2,1-5H3. The van der Waals surface area contributed by atoms with Crippen LogP contribution in [0, 0.1) is 11.8 Å². The number of nitrogens with zero attached hydrogens (tertiary/aromatic N) is 1. The minimum Gasteiger partial charge on any atom is -0.497 e. The van der Waals surface area contributed by atoms with Gasteiger partial charge >= 0.3 is 5.97 Å². The Kier molecular flexibility index (Phi) is 9.69. The molecule has 0 aliphatic rings. The molecule has 0 bridgehead atoms. The van der Waals surface area contributed by atoms with Crippen LogP contribution in [0.2, 0.25) is 0 Å². The maximum Gasteiger partial charge on any atom is 0.341 e. The first kappa shape index (κ1) is 27.4. The van der Waals surface area contributed by atoms with Gasteiger partial charge in [0.25, 0.3) is 0 Å². The summed E-state index contributed by atoms with van der Waals surface area (Å²) in [7, 11) is -2.79. The summed E-state index contributed by atoms with van der Waals surface area (Å²) in [4.78, 5) is 17.7. The van der Waals surface area contributed by atoms with Gasteiger partial charge in [-0.25, -0.2) is 13.2 Å². The van der Waals surface area contributed by atoms with Gasteiger partial charge in [0.1, 0.15) is 11.4 Å². The van der Waals surface area contributed by atoms with Gasteiger partial charge in [0, 0.05) is 25.2 Å². The third kappa shape index (κ3) is 7.07. The number of carbonyl (C=O) groups excluding carboxylic acids is 1. The highest BCUT2D eigenvalue weighted by atomic mass is 32.2. The zero-order valence-electron chi connectivity index (χ0n) is 20.8. The monoisotopic (exact) mass is 485 g/mol. The molecule has 0 aliphatic heterocycles. The Hall–Kier alpha value is -2.85. The largest absolute Gasteiger partial charge is 0.497 e. The van der Waals surface area contributed by atoms with Crippen LogP contribution in [0.4, 0.5) is 0 Å². The fourth-order valence-corrected chi connectivity index (χ4v) is 5.11. The molecule has 1 unspecified atom stereocenters. The van der Waals surface area contributed by atoms with Crippen molar-refractivity contribution in [1.82, 2.24) is 4.98 Å². The molecule has 1 heterocycles. The normalized spacial score (nSPS) is 13.3. The van der Waals surface area contributed by atoms with E-state index < -0.39 is 26.2 Å². The molecule has 0 N–H and O–H groups in total. The molecule has 0 amide bonds. The number of pyridine rings is 1. The average Bonchev–Trinajstić information content (AvgIpc) is 2.80. The van der Waals surface area contributed by atoms with E-state index in [2.05, 4.69) is 23.7 Å². The summed E-state index contributed by atoms with van der Waals surface area (Å²) in [6, 6.07) is 9.40. The average molecular weight is 486 g/mol. The first-order chi connectivity index (χ1) is 16.1. The van der Waals surface area contributed by atoms with Crippen molar-refractivity contribution in [2.75, 3.05) is 7.11 Å². The number of aromatic nitrogens is 1. The number of unbranched alkanes of at least 4 members (excludes halogenated alkanes) is 4. The number of hydrogen-bond donors (Lipinski definition) is 0. The Morgan fingerprint density at radius 3 is 2.32 bits per heavy atom. The lowest BCUT2D eigenvalue weighted by Crippen LogP contribution is -2.50. The molecule has 0 aliphatic carbocycles. The maximum atomic E-state index is 14.1. The number of benzene rings is 1. The van der Waals surface area contributed by atoms with Crippen LogP contribution in [0.1, 0.15) is 65.4 Å². The van der Waals surface area contributed by atoms with Gasteiger partial charge in [-0.05, 0) is 63.1 Å². The second kappa shape index (κ2) is 12.0. The molecular weight excluding hydrogens is 450 g/mol. The summed E-state index contributed by atoms with van der Waals surface area (Å²) in [5, 5.41) is 0. The minimum absolute atomic E-state index is 0.0247. The number of esters is 1. The number of ether oxygens (including phenoxy) is 2. The first-order valence-electron chi connectivity index (χ1n) is 11.6. The van der Waals surface area contributed by atoms with Crippen molar-refractivity contribution in [3.63, 3.8) is 0 Å². The molecule has 2 rings (SSSR count). The number of sulfone groups is 1. The van der Waals surface area contributed by atoms with Gasteiger partial charge in [0.2, 0.25) is 14.6 Å². The summed E-state index contributed by atoms with van der Waals surface area (Å²) >= 11 is 0. The van der Waals surface area contributed by atoms with Crippen molar-refractivity contribution in [1.29, 1.82) is 0 Å². The van der Waals surface area contributed by atoms with Crippen LogP contribution in [-0.2, 0) is 25.8 Å². The van der Waals surface area contributed by atoms with Crippen LogP contribution in [0.5, 0.6) is 5.75 Å². The number of methoxy groups -OCH3 is 1. The van der Waals surface area contributed by atoms with Gasteiger partial charge in [-0.1, -0.05) is 38.2 Å². The van der Waals surface area contributed by atoms with Gasteiger partial charge in [0.05, 0.1) is 12.0 Å². The van der Waals surface area contributed by atoms with Gasteiger partial charge in [-0.15, -0.1) is 5.92 Å². The van der Waals surface area contributed by atoms with E-state index in [0.29, 0.717) is 17.7 Å². The molecule has 0 fully saturated rings. The summed E-state index contributed by atoms with van der Waals surface area (Å²) in [6.45, 7) is 7.24. The smallest absolute Gasteiger partial charge is 0.341 e. The Labute approximate surface area is 204 Å². The molecule has 0 saturated heterocycles. The quantitative estimate of drug-likeness (QED) is 0.263. The Bertz CT molecular complexity index is 1090. The highest BCUT2D eigenvalue weighted by Crippen LogP contribution is 2.33.